The number of aryl methyl sites for hydroxylation is 2. The molecule has 0 atom stereocenters. The van der Waals surface area contributed by atoms with Gasteiger partial charge in [0.25, 0.3) is 15.9 Å². The molecule has 0 unspecified atom stereocenters. The van der Waals surface area contributed by atoms with Gasteiger partial charge in [-0.05, 0) is 49.2 Å². The van der Waals surface area contributed by atoms with Crippen molar-refractivity contribution < 1.29 is 22.7 Å². The highest BCUT2D eigenvalue weighted by Gasteiger charge is 2.29. The van der Waals surface area contributed by atoms with E-state index in [-0.39, 0.29) is 16.1 Å². The number of methoxy groups -OCH3 is 2. The first-order chi connectivity index (χ1) is 15.3. The number of anilines is 1. The number of hydrogen-bond donors (Lipinski definition) is 2. The van der Waals surface area contributed by atoms with Crippen molar-refractivity contribution in [2.24, 2.45) is 5.41 Å². The Bertz CT molecular complexity index is 1120. The zero-order chi connectivity index (χ0) is 25.0. The lowest BCUT2D eigenvalue weighted by Crippen LogP contribution is -2.46. The van der Waals surface area contributed by atoms with Crippen LogP contribution in [0.2, 0.25) is 0 Å². The van der Waals surface area contributed by atoms with Gasteiger partial charge >= 0.3 is 0 Å². The second kappa shape index (κ2) is 10.2. The van der Waals surface area contributed by atoms with Gasteiger partial charge in [0.2, 0.25) is 0 Å². The minimum Gasteiger partial charge on any atom is -0.493 e. The van der Waals surface area contributed by atoms with Crippen LogP contribution in [0.15, 0.2) is 53.6 Å². The number of allylic oxidation sites excluding steroid dienone is 1. The zero-order valence-corrected chi connectivity index (χ0v) is 21.1. The van der Waals surface area contributed by atoms with Crippen LogP contribution in [0.3, 0.4) is 0 Å². The topological polar surface area (TPSA) is 97.0 Å². The first-order valence-corrected chi connectivity index (χ1v) is 11.8. The van der Waals surface area contributed by atoms with Crippen molar-refractivity contribution in [2.75, 3.05) is 25.1 Å². The van der Waals surface area contributed by atoms with Crippen LogP contribution in [0, 0.1) is 19.3 Å². The number of nitrogens with one attached hydrogen (secondary N) is 2. The maximum Gasteiger partial charge on any atom is 0.264 e. The van der Waals surface area contributed by atoms with Gasteiger partial charge in [-0.3, -0.25) is 14.5 Å². The Morgan fingerprint density at radius 3 is 2.06 bits per heavy atom. The number of sulfonamides is 1. The number of carbonyl (C=O) groups is 1. The first-order valence-electron chi connectivity index (χ1n) is 10.4. The van der Waals surface area contributed by atoms with Gasteiger partial charge in [-0.25, -0.2) is 8.42 Å². The van der Waals surface area contributed by atoms with Crippen LogP contribution in [0.25, 0.3) is 0 Å². The van der Waals surface area contributed by atoms with Gasteiger partial charge in [0.1, 0.15) is 6.54 Å². The minimum atomic E-state index is -4.12. The molecule has 2 aromatic rings. The molecule has 1 amide bonds. The van der Waals surface area contributed by atoms with E-state index in [1.807, 2.05) is 40.7 Å². The number of ether oxygens (including phenoxy) is 2. The molecule has 0 aromatic heterocycles. The van der Waals surface area contributed by atoms with E-state index in [1.54, 1.807) is 12.1 Å². The molecule has 0 aliphatic rings. The molecule has 0 bridgehead atoms. The highest BCUT2D eigenvalue weighted by atomic mass is 32.2. The predicted molar refractivity (Wildman–Crippen MR) is 130 cm³/mol. The summed E-state index contributed by atoms with van der Waals surface area (Å²) in [6.45, 7) is 13.0. The second-order valence-electron chi connectivity index (χ2n) is 8.78. The molecule has 0 radical (unpaired) electrons. The van der Waals surface area contributed by atoms with Crippen LogP contribution < -0.4 is 24.6 Å². The molecule has 9 heteroatoms. The van der Waals surface area contributed by atoms with Crippen LogP contribution in [-0.4, -0.2) is 35.1 Å². The second-order valence-corrected chi connectivity index (χ2v) is 10.6. The summed E-state index contributed by atoms with van der Waals surface area (Å²) in [5.74, 6) is 0.132. The Labute approximate surface area is 196 Å². The smallest absolute Gasteiger partial charge is 0.264 e. The number of hydrogen-bond acceptors (Lipinski definition) is 6. The summed E-state index contributed by atoms with van der Waals surface area (Å²) in [5.41, 5.74) is 7.75. The maximum absolute atomic E-state index is 13.7. The standard InChI is InChI=1S/C24H33N3O5S/c1-16-11-17(2)13-19(12-16)27(15-23(28)26-25-18(3)24(4,5)6)33(29,30)20-9-10-21(31-7)22(14-20)32-8/h9-14,25H,3,15H2,1-2,4-8H3,(H,26,28). The van der Waals surface area contributed by atoms with E-state index in [2.05, 4.69) is 17.4 Å². The molecule has 0 saturated heterocycles. The van der Waals surface area contributed by atoms with Gasteiger partial charge in [-0.2, -0.15) is 0 Å². The maximum atomic E-state index is 13.7. The normalized spacial score (nSPS) is 11.5. The molecule has 0 spiro atoms. The molecule has 0 heterocycles. The van der Waals surface area contributed by atoms with E-state index in [4.69, 9.17) is 9.47 Å². The van der Waals surface area contributed by atoms with Gasteiger partial charge in [-0.15, -0.1) is 0 Å². The number of benzene rings is 2. The molecular formula is C24H33N3O5S. The van der Waals surface area contributed by atoms with E-state index in [0.717, 1.165) is 15.4 Å². The average molecular weight is 476 g/mol. The summed E-state index contributed by atoms with van der Waals surface area (Å²) < 4.78 is 38.9. The van der Waals surface area contributed by atoms with E-state index in [1.165, 1.54) is 32.4 Å². The van der Waals surface area contributed by atoms with E-state index in [9.17, 15) is 13.2 Å². The summed E-state index contributed by atoms with van der Waals surface area (Å²) in [7, 11) is -1.22. The number of nitrogens with zero attached hydrogens (tertiary/aromatic N) is 1. The van der Waals surface area contributed by atoms with Crippen LogP contribution in [-0.2, 0) is 14.8 Å². The van der Waals surface area contributed by atoms with Crippen molar-refractivity contribution in [2.45, 2.75) is 39.5 Å². The fourth-order valence-corrected chi connectivity index (χ4v) is 4.44. The van der Waals surface area contributed by atoms with Gasteiger partial charge < -0.3 is 14.9 Å². The third kappa shape index (κ3) is 6.41. The van der Waals surface area contributed by atoms with Crippen molar-refractivity contribution in [3.63, 3.8) is 0 Å². The molecule has 33 heavy (non-hydrogen) atoms. The van der Waals surface area contributed by atoms with Gasteiger partial charge in [0.05, 0.1) is 24.8 Å². The molecule has 2 aromatic carbocycles. The van der Waals surface area contributed by atoms with Crippen molar-refractivity contribution >= 4 is 21.6 Å². The van der Waals surface area contributed by atoms with Crippen molar-refractivity contribution in [1.29, 1.82) is 0 Å². The number of carbonyl (C=O) groups excluding carboxylic acids is 1. The molecular weight excluding hydrogens is 442 g/mol. The monoisotopic (exact) mass is 475 g/mol. The Kier molecular flexibility index (Phi) is 8.02. The Morgan fingerprint density at radius 1 is 0.970 bits per heavy atom. The lowest BCUT2D eigenvalue weighted by Gasteiger charge is -2.27. The Morgan fingerprint density at radius 2 is 1.55 bits per heavy atom. The van der Waals surface area contributed by atoms with Crippen molar-refractivity contribution in [1.82, 2.24) is 10.9 Å². The molecule has 0 fully saturated rings. The third-order valence-corrected chi connectivity index (χ3v) is 6.75. The first kappa shape index (κ1) is 26.1. The summed E-state index contributed by atoms with van der Waals surface area (Å²) in [6, 6.07) is 9.69. The van der Waals surface area contributed by atoms with Crippen LogP contribution in [0.5, 0.6) is 11.5 Å². The summed E-state index contributed by atoms with van der Waals surface area (Å²) >= 11 is 0. The number of rotatable bonds is 9. The van der Waals surface area contributed by atoms with Gasteiger partial charge in [0.15, 0.2) is 11.5 Å². The minimum absolute atomic E-state index is 0.0285. The molecule has 2 N–H and O–H groups in total. The third-order valence-electron chi connectivity index (χ3n) is 4.98. The quantitative estimate of drug-likeness (QED) is 0.537. The molecule has 0 aliphatic heterocycles. The van der Waals surface area contributed by atoms with E-state index >= 15 is 0 Å². The summed E-state index contributed by atoms with van der Waals surface area (Å²) in [6.07, 6.45) is 0. The van der Waals surface area contributed by atoms with Crippen LogP contribution in [0.1, 0.15) is 31.9 Å². The molecule has 2 rings (SSSR count). The Balaban J connectivity index is 2.47. The van der Waals surface area contributed by atoms with Crippen molar-refractivity contribution in [3.8, 4) is 11.5 Å². The van der Waals surface area contributed by atoms with Crippen molar-refractivity contribution in [3.05, 3.63) is 59.8 Å². The van der Waals surface area contributed by atoms with Gasteiger partial charge in [0, 0.05) is 17.2 Å². The lowest BCUT2D eigenvalue weighted by atomic mass is 9.93. The Hall–Kier alpha value is -3.20. The van der Waals surface area contributed by atoms with E-state index < -0.39 is 22.5 Å². The SMILES string of the molecule is C=C(NNC(=O)CN(c1cc(C)cc(C)c1)S(=O)(=O)c1ccc(OC)c(OC)c1)C(C)(C)C. The average Bonchev–Trinajstić information content (AvgIpc) is 2.73. The fourth-order valence-electron chi connectivity index (χ4n) is 3.02. The summed E-state index contributed by atoms with van der Waals surface area (Å²) in [5, 5.41) is 0. The van der Waals surface area contributed by atoms with E-state index in [0.29, 0.717) is 17.1 Å². The zero-order valence-electron chi connectivity index (χ0n) is 20.3. The molecule has 0 saturated carbocycles. The lowest BCUT2D eigenvalue weighted by molar-refractivity contribution is -0.120. The number of hydrazine groups is 1. The molecule has 180 valence electrons. The highest BCUT2D eigenvalue weighted by Crippen LogP contribution is 2.32. The highest BCUT2D eigenvalue weighted by molar-refractivity contribution is 7.92. The molecule has 8 nitrogen and oxygen atoms in total. The number of amides is 1. The van der Waals surface area contributed by atoms with Crippen LogP contribution >= 0.6 is 0 Å². The molecule has 0 aliphatic carbocycles. The predicted octanol–water partition coefficient (Wildman–Crippen LogP) is 3.70. The fraction of sp³-hybridized carbons (Fsp3) is 0.375. The summed E-state index contributed by atoms with van der Waals surface area (Å²) in [4.78, 5) is 12.7. The van der Waals surface area contributed by atoms with Gasteiger partial charge in [-0.1, -0.05) is 33.4 Å². The largest absolute Gasteiger partial charge is 0.493 e. The van der Waals surface area contributed by atoms with Crippen LogP contribution in [0.4, 0.5) is 5.69 Å².